The number of rotatable bonds is 6. The van der Waals surface area contributed by atoms with Crippen LogP contribution in [0.2, 0.25) is 5.15 Å². The van der Waals surface area contributed by atoms with Gasteiger partial charge in [-0.1, -0.05) is 110 Å². The van der Waals surface area contributed by atoms with Crippen LogP contribution in [-0.4, -0.2) is 27.0 Å². The van der Waals surface area contributed by atoms with Crippen LogP contribution < -0.4 is 5.32 Å². The summed E-state index contributed by atoms with van der Waals surface area (Å²) in [7, 11) is 0. The maximum Gasteiger partial charge on any atom is 0.408 e. The summed E-state index contributed by atoms with van der Waals surface area (Å²) in [4.78, 5) is 4.14. The van der Waals surface area contributed by atoms with Gasteiger partial charge in [-0.2, -0.15) is 18.3 Å². The largest absolute Gasteiger partial charge is 0.408 e. The van der Waals surface area contributed by atoms with E-state index in [1.54, 1.807) is 10.7 Å². The highest BCUT2D eigenvalue weighted by atomic mass is 35.5. The van der Waals surface area contributed by atoms with Crippen molar-refractivity contribution in [3.63, 3.8) is 0 Å². The summed E-state index contributed by atoms with van der Waals surface area (Å²) in [5, 5.41) is 7.99. The van der Waals surface area contributed by atoms with Gasteiger partial charge >= 0.3 is 6.18 Å². The molecule has 2 heterocycles. The lowest BCUT2D eigenvalue weighted by Gasteiger charge is -2.37. The third-order valence-electron chi connectivity index (χ3n) is 6.27. The van der Waals surface area contributed by atoms with Gasteiger partial charge < -0.3 is 5.32 Å². The Hall–Kier alpha value is -3.84. The standard InChI is InChI=1S/C28H22ClF3N4.CH4/c1-19(28(30,31)32)34-26-23-18-33-25(29)17-24(23)36(35-26)27(20-11-5-2-6-12-20,21-13-7-3-8-14-21)22-15-9-4-10-16-22;/h2-19H,1H3,(H,34,35);1H4. The number of nitrogens with one attached hydrogen (secondary N) is 1. The molecule has 0 saturated heterocycles. The molecule has 190 valence electrons. The summed E-state index contributed by atoms with van der Waals surface area (Å²) in [6.45, 7) is 1.06. The molecule has 0 aliphatic heterocycles. The molecule has 0 spiro atoms. The second-order valence-electron chi connectivity index (χ2n) is 8.50. The number of pyridine rings is 1. The summed E-state index contributed by atoms with van der Waals surface area (Å²) in [5.41, 5.74) is 2.18. The number of anilines is 1. The van der Waals surface area contributed by atoms with E-state index in [9.17, 15) is 13.2 Å². The highest BCUT2D eigenvalue weighted by Crippen LogP contribution is 2.43. The molecule has 1 N–H and O–H groups in total. The molecular formula is C29H26ClF3N4. The lowest BCUT2D eigenvalue weighted by Crippen LogP contribution is -2.39. The van der Waals surface area contributed by atoms with Gasteiger partial charge in [0, 0.05) is 12.3 Å². The quantitative estimate of drug-likeness (QED) is 0.182. The van der Waals surface area contributed by atoms with Crippen molar-refractivity contribution in [3.8, 4) is 0 Å². The van der Waals surface area contributed by atoms with Crippen LogP contribution in [-0.2, 0) is 5.54 Å². The average molecular weight is 523 g/mol. The van der Waals surface area contributed by atoms with Crippen LogP contribution >= 0.6 is 11.6 Å². The Kier molecular flexibility index (Phi) is 7.28. The van der Waals surface area contributed by atoms with Crippen molar-refractivity contribution in [3.05, 3.63) is 125 Å². The highest BCUT2D eigenvalue weighted by Gasteiger charge is 2.42. The van der Waals surface area contributed by atoms with E-state index in [0.717, 1.165) is 23.6 Å². The number of halogens is 4. The van der Waals surface area contributed by atoms with E-state index < -0.39 is 17.8 Å². The number of hydrogen-bond acceptors (Lipinski definition) is 3. The third kappa shape index (κ3) is 4.67. The van der Waals surface area contributed by atoms with E-state index in [1.165, 1.54) is 6.20 Å². The summed E-state index contributed by atoms with van der Waals surface area (Å²) < 4.78 is 42.3. The fourth-order valence-corrected chi connectivity index (χ4v) is 4.69. The summed E-state index contributed by atoms with van der Waals surface area (Å²) in [5.74, 6) is 0.0751. The molecule has 0 saturated carbocycles. The molecule has 4 nitrogen and oxygen atoms in total. The Morgan fingerprint density at radius 1 is 0.811 bits per heavy atom. The van der Waals surface area contributed by atoms with E-state index >= 15 is 0 Å². The number of aromatic nitrogens is 3. The SMILES string of the molecule is C.CC(Nc1nn(C(c2ccccc2)(c2ccccc2)c2ccccc2)c2cc(Cl)ncc12)C(F)(F)F. The zero-order valence-corrected chi connectivity index (χ0v) is 20.0. The maximum atomic E-state index is 13.5. The van der Waals surface area contributed by atoms with Gasteiger partial charge in [0.15, 0.2) is 5.82 Å². The molecule has 37 heavy (non-hydrogen) atoms. The average Bonchev–Trinajstić information content (AvgIpc) is 3.23. The fourth-order valence-electron chi connectivity index (χ4n) is 4.54. The second-order valence-corrected chi connectivity index (χ2v) is 8.89. The van der Waals surface area contributed by atoms with Gasteiger partial charge in [-0.25, -0.2) is 9.67 Å². The Labute approximate surface area is 218 Å². The second kappa shape index (κ2) is 10.3. The van der Waals surface area contributed by atoms with Crippen LogP contribution in [0, 0.1) is 0 Å². The topological polar surface area (TPSA) is 42.7 Å². The molecule has 1 unspecified atom stereocenters. The summed E-state index contributed by atoms with van der Waals surface area (Å²) >= 11 is 6.31. The monoisotopic (exact) mass is 522 g/mol. The third-order valence-corrected chi connectivity index (χ3v) is 6.48. The fraction of sp³-hybridized carbons (Fsp3) is 0.172. The minimum Gasteiger partial charge on any atom is -0.357 e. The van der Waals surface area contributed by atoms with Crippen LogP contribution in [0.3, 0.4) is 0 Å². The number of hydrogen-bond donors (Lipinski definition) is 1. The lowest BCUT2D eigenvalue weighted by molar-refractivity contribution is -0.138. The normalized spacial score (nSPS) is 12.7. The summed E-state index contributed by atoms with van der Waals surface area (Å²) in [6, 6.07) is 29.1. The number of alkyl halides is 3. The van der Waals surface area contributed by atoms with Crippen molar-refractivity contribution in [1.82, 2.24) is 14.8 Å². The molecule has 0 bridgehead atoms. The molecular weight excluding hydrogens is 497 g/mol. The molecule has 0 aliphatic carbocycles. The molecule has 1 atom stereocenters. The Morgan fingerprint density at radius 2 is 1.27 bits per heavy atom. The van der Waals surface area contributed by atoms with Crippen LogP contribution in [0.25, 0.3) is 10.9 Å². The van der Waals surface area contributed by atoms with Gasteiger partial charge in [0.25, 0.3) is 0 Å². The van der Waals surface area contributed by atoms with Crippen molar-refractivity contribution in [2.24, 2.45) is 0 Å². The lowest BCUT2D eigenvalue weighted by atomic mass is 9.77. The number of fused-ring (bicyclic) bond motifs is 1. The van der Waals surface area contributed by atoms with Gasteiger partial charge in [-0.05, 0) is 23.6 Å². The Bertz CT molecular complexity index is 1370. The van der Waals surface area contributed by atoms with Gasteiger partial charge in [0.2, 0.25) is 0 Å². The van der Waals surface area contributed by atoms with Crippen molar-refractivity contribution in [2.45, 2.75) is 32.1 Å². The highest BCUT2D eigenvalue weighted by molar-refractivity contribution is 6.30. The first-order valence-corrected chi connectivity index (χ1v) is 11.7. The Morgan fingerprint density at radius 3 is 1.70 bits per heavy atom. The molecule has 0 fully saturated rings. The molecule has 5 rings (SSSR count). The van der Waals surface area contributed by atoms with Crippen molar-refractivity contribution in [2.75, 3.05) is 5.32 Å². The van der Waals surface area contributed by atoms with Crippen molar-refractivity contribution < 1.29 is 13.2 Å². The first kappa shape index (κ1) is 26.2. The molecule has 3 aromatic carbocycles. The molecule has 0 amide bonds. The van der Waals surface area contributed by atoms with Crippen molar-refractivity contribution in [1.29, 1.82) is 0 Å². The van der Waals surface area contributed by atoms with Crippen LogP contribution in [0.4, 0.5) is 19.0 Å². The molecule has 8 heteroatoms. The smallest absolute Gasteiger partial charge is 0.357 e. The predicted octanol–water partition coefficient (Wildman–Crippen LogP) is 7.92. The zero-order valence-electron chi connectivity index (χ0n) is 19.2. The maximum absolute atomic E-state index is 13.5. The van der Waals surface area contributed by atoms with Crippen LogP contribution in [0.15, 0.2) is 103 Å². The van der Waals surface area contributed by atoms with E-state index in [-0.39, 0.29) is 18.4 Å². The van der Waals surface area contributed by atoms with E-state index in [4.69, 9.17) is 16.7 Å². The van der Waals surface area contributed by atoms with Gasteiger partial charge in [-0.15, -0.1) is 0 Å². The minimum atomic E-state index is -4.45. The van der Waals surface area contributed by atoms with E-state index in [2.05, 4.69) is 10.3 Å². The first-order valence-electron chi connectivity index (χ1n) is 11.4. The number of nitrogens with zero attached hydrogens (tertiary/aromatic N) is 3. The Balaban J connectivity index is 0.00000320. The van der Waals surface area contributed by atoms with Gasteiger partial charge in [0.1, 0.15) is 16.7 Å². The zero-order chi connectivity index (χ0) is 25.3. The van der Waals surface area contributed by atoms with Crippen LogP contribution in [0.1, 0.15) is 31.0 Å². The van der Waals surface area contributed by atoms with E-state index in [0.29, 0.717) is 10.9 Å². The first-order chi connectivity index (χ1) is 17.3. The molecule has 2 aromatic heterocycles. The number of benzene rings is 3. The van der Waals surface area contributed by atoms with Crippen molar-refractivity contribution >= 4 is 28.3 Å². The van der Waals surface area contributed by atoms with Crippen LogP contribution in [0.5, 0.6) is 0 Å². The molecule has 0 aliphatic rings. The molecule has 5 aromatic rings. The van der Waals surface area contributed by atoms with Gasteiger partial charge in [-0.3, -0.25) is 0 Å². The van der Waals surface area contributed by atoms with Gasteiger partial charge in [0.05, 0.1) is 10.9 Å². The summed E-state index contributed by atoms with van der Waals surface area (Å²) in [6.07, 6.45) is -3.00. The minimum absolute atomic E-state index is 0. The predicted molar refractivity (Wildman–Crippen MR) is 143 cm³/mol. The molecule has 0 radical (unpaired) electrons. The van der Waals surface area contributed by atoms with E-state index in [1.807, 2.05) is 91.0 Å².